The van der Waals surface area contributed by atoms with Crippen molar-refractivity contribution in [1.82, 2.24) is 0 Å². The average molecular weight is 420 g/mol. The predicted octanol–water partition coefficient (Wildman–Crippen LogP) is 7.68. The molecule has 162 valence electrons. The van der Waals surface area contributed by atoms with Gasteiger partial charge in [0.05, 0.1) is 0 Å². The summed E-state index contributed by atoms with van der Waals surface area (Å²) in [4.78, 5) is 0. The van der Waals surface area contributed by atoms with Crippen LogP contribution in [0.1, 0.15) is 79.5 Å². The van der Waals surface area contributed by atoms with Crippen LogP contribution in [-0.4, -0.2) is 6.36 Å². The van der Waals surface area contributed by atoms with Crippen molar-refractivity contribution in [2.24, 2.45) is 5.92 Å². The first kappa shape index (κ1) is 21.2. The molecule has 0 radical (unpaired) electrons. The largest absolute Gasteiger partial charge is 0.573 e. The summed E-state index contributed by atoms with van der Waals surface area (Å²) in [6.07, 6.45) is 3.32. The first-order chi connectivity index (χ1) is 14.3. The van der Waals surface area contributed by atoms with Crippen LogP contribution in [0.5, 0.6) is 5.75 Å². The van der Waals surface area contributed by atoms with Crippen molar-refractivity contribution in [2.75, 3.05) is 0 Å². The summed E-state index contributed by atoms with van der Waals surface area (Å²) in [6.45, 7) is 2.28. The third-order valence-electron chi connectivity index (χ3n) is 7.04. The number of halogens is 4. The van der Waals surface area contributed by atoms with Crippen LogP contribution < -0.4 is 4.74 Å². The molecule has 0 bridgehead atoms. The quantitative estimate of drug-likeness (QED) is 0.461. The van der Waals surface area contributed by atoms with Crippen molar-refractivity contribution in [2.45, 2.75) is 76.5 Å². The zero-order valence-corrected chi connectivity index (χ0v) is 17.3. The topological polar surface area (TPSA) is 9.23 Å². The van der Waals surface area contributed by atoms with Gasteiger partial charge in [0.25, 0.3) is 0 Å². The molecule has 0 N–H and O–H groups in total. The van der Waals surface area contributed by atoms with Crippen LogP contribution in [0.25, 0.3) is 0 Å². The second-order valence-corrected chi connectivity index (χ2v) is 8.80. The van der Waals surface area contributed by atoms with Gasteiger partial charge in [0, 0.05) is 0 Å². The second-order valence-electron chi connectivity index (χ2n) is 8.80. The minimum absolute atomic E-state index is 0.260. The zero-order chi connectivity index (χ0) is 21.3. The molecule has 0 saturated heterocycles. The van der Waals surface area contributed by atoms with E-state index in [4.69, 9.17) is 0 Å². The zero-order valence-electron chi connectivity index (χ0n) is 17.3. The maximum absolute atomic E-state index is 14.5. The maximum atomic E-state index is 14.5. The van der Waals surface area contributed by atoms with Gasteiger partial charge in [-0.3, -0.25) is 0 Å². The lowest BCUT2D eigenvalue weighted by atomic mass is 9.76. The van der Waals surface area contributed by atoms with E-state index in [9.17, 15) is 17.6 Å². The van der Waals surface area contributed by atoms with Crippen molar-refractivity contribution in [3.05, 3.63) is 64.5 Å². The summed E-state index contributed by atoms with van der Waals surface area (Å²) in [6, 6.07) is 11.5. The molecule has 0 heterocycles. The van der Waals surface area contributed by atoms with E-state index in [2.05, 4.69) is 35.9 Å². The Labute approximate surface area is 175 Å². The van der Waals surface area contributed by atoms with Crippen molar-refractivity contribution in [3.63, 3.8) is 0 Å². The summed E-state index contributed by atoms with van der Waals surface area (Å²) in [5, 5.41) is 0. The number of rotatable bonds is 4. The van der Waals surface area contributed by atoms with Gasteiger partial charge in [0.1, 0.15) is 0 Å². The Morgan fingerprint density at radius 2 is 1.50 bits per heavy atom. The van der Waals surface area contributed by atoms with Crippen LogP contribution in [0.2, 0.25) is 0 Å². The summed E-state index contributed by atoms with van der Waals surface area (Å²) in [7, 11) is 0. The smallest absolute Gasteiger partial charge is 0.403 e. The van der Waals surface area contributed by atoms with Gasteiger partial charge in [-0.25, -0.2) is 4.39 Å². The molecule has 0 aromatic heterocycles. The standard InChI is InChI=1S/C25H28F4O/c1-2-16-3-5-17(6-4-16)18-7-9-19(10-8-18)20-11-13-22-21(15-20)12-14-23(24(22)26)30-25(27,28)29/h7-10,12,14,16-17,20H,2-6,11,13,15H2,1H3. The van der Waals surface area contributed by atoms with Crippen LogP contribution in [0, 0.1) is 11.7 Å². The fraction of sp³-hybridized carbons (Fsp3) is 0.520. The van der Waals surface area contributed by atoms with E-state index >= 15 is 0 Å². The molecule has 2 aliphatic carbocycles. The molecule has 30 heavy (non-hydrogen) atoms. The molecule has 4 rings (SSSR count). The number of hydrogen-bond acceptors (Lipinski definition) is 1. The van der Waals surface area contributed by atoms with Gasteiger partial charge in [0.2, 0.25) is 0 Å². The Hall–Kier alpha value is -2.04. The van der Waals surface area contributed by atoms with E-state index in [1.807, 2.05) is 0 Å². The second kappa shape index (κ2) is 8.60. The Balaban J connectivity index is 1.44. The molecule has 5 heteroatoms. The molecule has 1 nitrogen and oxygen atoms in total. The summed E-state index contributed by atoms with van der Waals surface area (Å²) in [5.41, 5.74) is 3.77. The summed E-state index contributed by atoms with van der Waals surface area (Å²) >= 11 is 0. The van der Waals surface area contributed by atoms with Crippen LogP contribution in [-0.2, 0) is 12.8 Å². The lowest BCUT2D eigenvalue weighted by Crippen LogP contribution is -2.20. The van der Waals surface area contributed by atoms with Crippen LogP contribution in [0.3, 0.4) is 0 Å². The SMILES string of the molecule is CCC1CCC(c2ccc(C3CCc4c(ccc(OC(F)(F)F)c4F)C3)cc2)CC1. The van der Waals surface area contributed by atoms with Gasteiger partial charge in [-0.05, 0) is 91.0 Å². The van der Waals surface area contributed by atoms with E-state index in [1.165, 1.54) is 43.2 Å². The third kappa shape index (κ3) is 4.65. The maximum Gasteiger partial charge on any atom is 0.573 e. The fourth-order valence-electron chi connectivity index (χ4n) is 5.22. The number of fused-ring (bicyclic) bond motifs is 1. The molecule has 1 saturated carbocycles. The molecule has 2 aromatic carbocycles. The molecule has 2 aliphatic rings. The molecule has 0 spiro atoms. The first-order valence-corrected chi connectivity index (χ1v) is 11.0. The molecule has 0 amide bonds. The van der Waals surface area contributed by atoms with E-state index < -0.39 is 17.9 Å². The highest BCUT2D eigenvalue weighted by atomic mass is 19.4. The predicted molar refractivity (Wildman–Crippen MR) is 109 cm³/mol. The highest BCUT2D eigenvalue weighted by Crippen LogP contribution is 2.40. The van der Waals surface area contributed by atoms with E-state index in [1.54, 1.807) is 6.07 Å². The molecule has 1 unspecified atom stereocenters. The number of alkyl halides is 3. The minimum atomic E-state index is -4.89. The van der Waals surface area contributed by atoms with Crippen molar-refractivity contribution in [1.29, 1.82) is 0 Å². The number of hydrogen-bond donors (Lipinski definition) is 0. The van der Waals surface area contributed by atoms with Gasteiger partial charge >= 0.3 is 6.36 Å². The van der Waals surface area contributed by atoms with Gasteiger partial charge in [-0.2, -0.15) is 0 Å². The van der Waals surface area contributed by atoms with Crippen molar-refractivity contribution >= 4 is 0 Å². The highest BCUT2D eigenvalue weighted by molar-refractivity contribution is 5.41. The number of benzene rings is 2. The van der Waals surface area contributed by atoms with Gasteiger partial charge in [0.15, 0.2) is 11.6 Å². The lowest BCUT2D eigenvalue weighted by Gasteiger charge is -2.29. The van der Waals surface area contributed by atoms with Gasteiger partial charge in [-0.15, -0.1) is 13.2 Å². The fourth-order valence-corrected chi connectivity index (χ4v) is 5.22. The first-order valence-electron chi connectivity index (χ1n) is 11.0. The Kier molecular flexibility index (Phi) is 6.08. The summed E-state index contributed by atoms with van der Waals surface area (Å²) in [5.74, 6) is 0.180. The van der Waals surface area contributed by atoms with Crippen molar-refractivity contribution in [3.8, 4) is 5.75 Å². The summed E-state index contributed by atoms with van der Waals surface area (Å²) < 4.78 is 55.7. The molecular weight excluding hydrogens is 392 g/mol. The Morgan fingerprint density at radius 3 is 2.10 bits per heavy atom. The van der Waals surface area contributed by atoms with Crippen LogP contribution in [0.4, 0.5) is 17.6 Å². The molecule has 1 fully saturated rings. The molecule has 2 aromatic rings. The Morgan fingerprint density at radius 1 is 0.867 bits per heavy atom. The van der Waals surface area contributed by atoms with Crippen LogP contribution >= 0.6 is 0 Å². The lowest BCUT2D eigenvalue weighted by molar-refractivity contribution is -0.275. The highest BCUT2D eigenvalue weighted by Gasteiger charge is 2.34. The third-order valence-corrected chi connectivity index (χ3v) is 7.04. The molecular formula is C25H28F4O. The van der Waals surface area contributed by atoms with Crippen LogP contribution in [0.15, 0.2) is 36.4 Å². The van der Waals surface area contributed by atoms with Gasteiger partial charge in [-0.1, -0.05) is 43.7 Å². The molecule has 0 aliphatic heterocycles. The monoisotopic (exact) mass is 420 g/mol. The van der Waals surface area contributed by atoms with Crippen molar-refractivity contribution < 1.29 is 22.3 Å². The van der Waals surface area contributed by atoms with Gasteiger partial charge < -0.3 is 4.74 Å². The average Bonchev–Trinajstić information content (AvgIpc) is 2.75. The number of ether oxygens (including phenoxy) is 1. The van der Waals surface area contributed by atoms with E-state index in [-0.39, 0.29) is 5.92 Å². The van der Waals surface area contributed by atoms with E-state index in [0.29, 0.717) is 24.3 Å². The normalized spacial score (nSPS) is 24.4. The van der Waals surface area contributed by atoms with E-state index in [0.717, 1.165) is 24.0 Å². The Bertz CT molecular complexity index is 864. The minimum Gasteiger partial charge on any atom is -0.403 e. The molecule has 1 atom stereocenters.